The molecular formula is C40H28N2. The Morgan fingerprint density at radius 3 is 1.02 bits per heavy atom. The molecule has 0 unspecified atom stereocenters. The quantitative estimate of drug-likeness (QED) is 0.198. The molecule has 2 heteroatoms. The Morgan fingerprint density at radius 2 is 0.690 bits per heavy atom. The number of pyridine rings is 2. The minimum atomic E-state index is 0.950. The minimum absolute atomic E-state index is 0.950. The minimum Gasteiger partial charge on any atom is -0.257 e. The lowest BCUT2D eigenvalue weighted by atomic mass is 9.85. The normalized spacial score (nSPS) is 11.6. The number of rotatable bonds is 6. The Balaban J connectivity index is 1.30. The van der Waals surface area contributed by atoms with E-state index in [0.29, 0.717) is 0 Å². The first-order valence-electron chi connectivity index (χ1n) is 14.2. The molecule has 42 heavy (non-hydrogen) atoms. The van der Waals surface area contributed by atoms with Gasteiger partial charge in [-0.3, -0.25) is 9.97 Å². The second kappa shape index (κ2) is 11.5. The summed E-state index contributed by atoms with van der Waals surface area (Å²) in [5.74, 6) is 0. The number of aromatic nitrogens is 2. The third kappa shape index (κ3) is 5.14. The van der Waals surface area contributed by atoms with E-state index < -0.39 is 0 Å². The van der Waals surface area contributed by atoms with E-state index in [4.69, 9.17) is 0 Å². The summed E-state index contributed by atoms with van der Waals surface area (Å²) >= 11 is 0. The van der Waals surface area contributed by atoms with E-state index in [1.807, 2.05) is 60.9 Å². The smallest absolute Gasteiger partial charge is 0.0629 e. The maximum atomic E-state index is 4.39. The van der Waals surface area contributed by atoms with Crippen molar-refractivity contribution in [2.75, 3.05) is 0 Å². The van der Waals surface area contributed by atoms with Gasteiger partial charge >= 0.3 is 0 Å². The summed E-state index contributed by atoms with van der Waals surface area (Å²) in [7, 11) is 0. The topological polar surface area (TPSA) is 25.8 Å². The summed E-state index contributed by atoms with van der Waals surface area (Å²) in [4.78, 5) is 8.79. The van der Waals surface area contributed by atoms with Crippen LogP contribution < -0.4 is 0 Å². The Labute approximate surface area is 246 Å². The Kier molecular flexibility index (Phi) is 6.94. The molecule has 5 aromatic carbocycles. The van der Waals surface area contributed by atoms with Gasteiger partial charge < -0.3 is 0 Å². The van der Waals surface area contributed by atoms with Crippen molar-refractivity contribution in [2.24, 2.45) is 0 Å². The number of nitrogens with zero attached hydrogens (tertiary/aromatic N) is 2. The van der Waals surface area contributed by atoms with Crippen LogP contribution in [-0.2, 0) is 0 Å². The predicted molar refractivity (Wildman–Crippen MR) is 179 cm³/mol. The lowest BCUT2D eigenvalue weighted by molar-refractivity contribution is 1.30. The molecular weight excluding hydrogens is 508 g/mol. The molecule has 2 nitrogen and oxygen atoms in total. The zero-order valence-electron chi connectivity index (χ0n) is 23.1. The highest BCUT2D eigenvalue weighted by Gasteiger charge is 2.16. The summed E-state index contributed by atoms with van der Waals surface area (Å²) in [6, 6.07) is 47.1. The van der Waals surface area contributed by atoms with Crippen molar-refractivity contribution in [1.82, 2.24) is 9.97 Å². The van der Waals surface area contributed by atoms with Crippen molar-refractivity contribution in [2.45, 2.75) is 0 Å². The molecule has 0 bridgehead atoms. The fraction of sp³-hybridized carbons (Fsp3) is 0. The molecule has 0 radical (unpaired) electrons. The molecule has 198 valence electrons. The molecule has 0 fully saturated rings. The maximum Gasteiger partial charge on any atom is 0.0629 e. The highest BCUT2D eigenvalue weighted by Crippen LogP contribution is 2.43. The first-order chi connectivity index (χ1) is 20.8. The Bertz CT molecular complexity index is 1830. The monoisotopic (exact) mass is 536 g/mol. The van der Waals surface area contributed by atoms with Crippen molar-refractivity contribution in [1.29, 1.82) is 0 Å². The molecule has 7 rings (SSSR count). The summed E-state index contributed by atoms with van der Waals surface area (Å²) < 4.78 is 0. The lowest BCUT2D eigenvalue weighted by Gasteiger charge is -2.18. The average molecular weight is 537 g/mol. The zero-order chi connectivity index (χ0) is 28.1. The standard InChI is InChI=1S/C40H28N2/c1-2-12-36-35(11-1)39(31-21-15-29(16-22-31)19-25-33-9-5-7-27-41-33)37-13-3-4-14-38(37)40(36)32-23-17-30(18-24-32)20-26-34-10-6-8-28-42-34/h1-28H. The molecule has 0 aliphatic carbocycles. The van der Waals surface area contributed by atoms with Crippen molar-refractivity contribution in [3.8, 4) is 22.3 Å². The first-order valence-corrected chi connectivity index (χ1v) is 14.2. The van der Waals surface area contributed by atoms with E-state index in [1.165, 1.54) is 43.8 Å². The lowest BCUT2D eigenvalue weighted by Crippen LogP contribution is -1.91. The average Bonchev–Trinajstić information content (AvgIpc) is 3.07. The van der Waals surface area contributed by atoms with E-state index in [9.17, 15) is 0 Å². The van der Waals surface area contributed by atoms with Gasteiger partial charge in [-0.05, 0) is 91.3 Å². The van der Waals surface area contributed by atoms with Gasteiger partial charge in [0.15, 0.2) is 0 Å². The van der Waals surface area contributed by atoms with Crippen LogP contribution in [0.5, 0.6) is 0 Å². The van der Waals surface area contributed by atoms with Crippen LogP contribution >= 0.6 is 0 Å². The second-order valence-corrected chi connectivity index (χ2v) is 10.3. The van der Waals surface area contributed by atoms with Crippen LogP contribution in [0, 0.1) is 0 Å². The van der Waals surface area contributed by atoms with Crippen LogP contribution in [-0.4, -0.2) is 9.97 Å². The molecule has 0 saturated carbocycles. The third-order valence-electron chi connectivity index (χ3n) is 7.60. The van der Waals surface area contributed by atoms with Crippen molar-refractivity contribution in [3.63, 3.8) is 0 Å². The number of hydrogen-bond donors (Lipinski definition) is 0. The van der Waals surface area contributed by atoms with Crippen molar-refractivity contribution < 1.29 is 0 Å². The largest absolute Gasteiger partial charge is 0.257 e. The summed E-state index contributed by atoms with van der Waals surface area (Å²) in [5, 5.41) is 5.01. The van der Waals surface area contributed by atoms with E-state index in [0.717, 1.165) is 22.5 Å². The SMILES string of the molecule is C(=Cc1ccccn1)c1ccc(-c2c3ccccc3c(-c3ccc(C=Cc4ccccn4)cc3)c3ccccc23)cc1. The molecule has 0 aliphatic heterocycles. The number of fused-ring (bicyclic) bond motifs is 2. The third-order valence-corrected chi connectivity index (χ3v) is 7.60. The highest BCUT2D eigenvalue weighted by molar-refractivity contribution is 6.21. The van der Waals surface area contributed by atoms with Gasteiger partial charge in [-0.2, -0.15) is 0 Å². The van der Waals surface area contributed by atoms with Crippen LogP contribution in [0.2, 0.25) is 0 Å². The summed E-state index contributed by atoms with van der Waals surface area (Å²) in [6.45, 7) is 0. The van der Waals surface area contributed by atoms with Crippen LogP contribution in [0.15, 0.2) is 146 Å². The molecule has 0 atom stereocenters. The van der Waals surface area contributed by atoms with E-state index >= 15 is 0 Å². The highest BCUT2D eigenvalue weighted by atomic mass is 14.7. The fourth-order valence-corrected chi connectivity index (χ4v) is 5.58. The van der Waals surface area contributed by atoms with Gasteiger partial charge in [-0.25, -0.2) is 0 Å². The van der Waals surface area contributed by atoms with Crippen LogP contribution in [0.1, 0.15) is 22.5 Å². The van der Waals surface area contributed by atoms with E-state index in [-0.39, 0.29) is 0 Å². The van der Waals surface area contributed by atoms with Crippen molar-refractivity contribution in [3.05, 3.63) is 168 Å². The van der Waals surface area contributed by atoms with Crippen LogP contribution in [0.4, 0.5) is 0 Å². The van der Waals surface area contributed by atoms with Crippen LogP contribution in [0.25, 0.3) is 68.1 Å². The maximum absolute atomic E-state index is 4.39. The second-order valence-electron chi connectivity index (χ2n) is 10.3. The predicted octanol–water partition coefficient (Wildman–Crippen LogP) is 10.5. The van der Waals surface area contributed by atoms with Gasteiger partial charge in [0.2, 0.25) is 0 Å². The fourth-order valence-electron chi connectivity index (χ4n) is 5.58. The van der Waals surface area contributed by atoms with Crippen LogP contribution in [0.3, 0.4) is 0 Å². The van der Waals surface area contributed by atoms with E-state index in [1.54, 1.807) is 0 Å². The summed E-state index contributed by atoms with van der Waals surface area (Å²) in [5.41, 5.74) is 9.13. The molecule has 2 heterocycles. The Hall–Kier alpha value is -5.60. The molecule has 0 N–H and O–H groups in total. The number of benzene rings is 5. The molecule has 2 aromatic heterocycles. The van der Waals surface area contributed by atoms with Gasteiger partial charge in [-0.1, -0.05) is 121 Å². The molecule has 0 spiro atoms. The van der Waals surface area contributed by atoms with Gasteiger partial charge in [0.1, 0.15) is 0 Å². The molecule has 0 aliphatic rings. The molecule has 7 aromatic rings. The molecule has 0 amide bonds. The zero-order valence-corrected chi connectivity index (χ0v) is 23.1. The Morgan fingerprint density at radius 1 is 0.333 bits per heavy atom. The van der Waals surface area contributed by atoms with Gasteiger partial charge in [0.05, 0.1) is 11.4 Å². The van der Waals surface area contributed by atoms with Crippen molar-refractivity contribution >= 4 is 45.8 Å². The van der Waals surface area contributed by atoms with Gasteiger partial charge in [0.25, 0.3) is 0 Å². The molecule has 0 saturated heterocycles. The number of hydrogen-bond acceptors (Lipinski definition) is 2. The summed E-state index contributed by atoms with van der Waals surface area (Å²) in [6.07, 6.45) is 12.0. The van der Waals surface area contributed by atoms with E-state index in [2.05, 4.69) is 119 Å². The van der Waals surface area contributed by atoms with Gasteiger partial charge in [0, 0.05) is 12.4 Å². The first kappa shape index (κ1) is 25.4. The van der Waals surface area contributed by atoms with Gasteiger partial charge in [-0.15, -0.1) is 0 Å².